The van der Waals surface area contributed by atoms with Gasteiger partial charge in [0.1, 0.15) is 5.75 Å². The van der Waals surface area contributed by atoms with Gasteiger partial charge in [-0.25, -0.2) is 0 Å². The molecule has 0 atom stereocenters. The van der Waals surface area contributed by atoms with Gasteiger partial charge >= 0.3 is 0 Å². The van der Waals surface area contributed by atoms with Crippen molar-refractivity contribution in [3.8, 4) is 17.6 Å². The van der Waals surface area contributed by atoms with E-state index in [1.165, 1.54) is 0 Å². The molecule has 1 radical (unpaired) electrons. The van der Waals surface area contributed by atoms with Crippen molar-refractivity contribution in [3.05, 3.63) is 30.3 Å². The van der Waals surface area contributed by atoms with Gasteiger partial charge in [0.2, 0.25) is 0 Å². The Kier molecular flexibility index (Phi) is 5.35. The molecule has 14 heavy (non-hydrogen) atoms. The lowest BCUT2D eigenvalue weighted by atomic mass is 10.3. The maximum Gasteiger partial charge on any atom is 0.119 e. The maximum absolute atomic E-state index is 5.46. The van der Waals surface area contributed by atoms with Crippen LogP contribution in [0, 0.1) is 17.9 Å². The van der Waals surface area contributed by atoms with E-state index in [1.54, 1.807) is 0 Å². The second kappa shape index (κ2) is 7.03. The van der Waals surface area contributed by atoms with E-state index in [0.717, 1.165) is 25.0 Å². The minimum absolute atomic E-state index is 0.667. The van der Waals surface area contributed by atoms with Crippen LogP contribution >= 0.6 is 0 Å². The van der Waals surface area contributed by atoms with Gasteiger partial charge in [0, 0.05) is 12.8 Å². The number of hydrogen-bond donors (Lipinski definition) is 0. The normalized spacial score (nSPS) is 8.93. The van der Waals surface area contributed by atoms with E-state index in [0.29, 0.717) is 6.61 Å². The molecule has 73 valence electrons. The van der Waals surface area contributed by atoms with E-state index in [-0.39, 0.29) is 0 Å². The van der Waals surface area contributed by atoms with Crippen LogP contribution in [0.5, 0.6) is 5.75 Å². The number of unbranched alkanes of at least 4 members (excludes halogenated alkanes) is 1. The minimum Gasteiger partial charge on any atom is -0.493 e. The summed E-state index contributed by atoms with van der Waals surface area (Å²) in [7, 11) is 0. The van der Waals surface area contributed by atoms with Crippen molar-refractivity contribution < 1.29 is 4.74 Å². The highest BCUT2D eigenvalue weighted by Crippen LogP contribution is 2.07. The zero-order chi connectivity index (χ0) is 10.1. The van der Waals surface area contributed by atoms with Gasteiger partial charge in [0.15, 0.2) is 0 Å². The van der Waals surface area contributed by atoms with E-state index in [2.05, 4.69) is 24.8 Å². The smallest absolute Gasteiger partial charge is 0.119 e. The molecule has 0 unspecified atom stereocenters. The predicted octanol–water partition coefficient (Wildman–Crippen LogP) is 3.06. The van der Waals surface area contributed by atoms with Gasteiger partial charge in [-0.05, 0) is 24.6 Å². The number of hydrogen-bond acceptors (Lipinski definition) is 1. The molecule has 0 fully saturated rings. The number of ether oxygens (including phenoxy) is 1. The Morgan fingerprint density at radius 3 is 2.64 bits per heavy atom. The Balaban J connectivity index is 2.14. The van der Waals surface area contributed by atoms with Crippen LogP contribution < -0.4 is 4.74 Å². The molecule has 0 aliphatic rings. The Morgan fingerprint density at radius 2 is 1.93 bits per heavy atom. The Morgan fingerprint density at radius 1 is 1.21 bits per heavy atom. The van der Waals surface area contributed by atoms with Gasteiger partial charge in [-0.2, -0.15) is 0 Å². The second-order valence-electron chi connectivity index (χ2n) is 2.94. The Bertz CT molecular complexity index is 292. The highest BCUT2D eigenvalue weighted by Gasteiger charge is 1.88. The third-order valence-corrected chi connectivity index (χ3v) is 1.68. The average Bonchev–Trinajstić information content (AvgIpc) is 2.25. The molecule has 0 heterocycles. The fraction of sp³-hybridized carbons (Fsp3) is 0.385. The zero-order valence-electron chi connectivity index (χ0n) is 8.55. The largest absolute Gasteiger partial charge is 0.493 e. The summed E-state index contributed by atoms with van der Waals surface area (Å²) in [6.07, 6.45) is 2.92. The minimum atomic E-state index is 0.667. The van der Waals surface area contributed by atoms with Crippen LogP contribution in [-0.4, -0.2) is 6.61 Å². The van der Waals surface area contributed by atoms with Crippen molar-refractivity contribution in [2.24, 2.45) is 0 Å². The second-order valence-corrected chi connectivity index (χ2v) is 2.94. The predicted molar refractivity (Wildman–Crippen MR) is 58.1 cm³/mol. The van der Waals surface area contributed by atoms with E-state index in [1.807, 2.05) is 24.3 Å². The van der Waals surface area contributed by atoms with Crippen molar-refractivity contribution in [2.45, 2.75) is 26.2 Å². The van der Waals surface area contributed by atoms with Crippen LogP contribution in [0.2, 0.25) is 0 Å². The third-order valence-electron chi connectivity index (χ3n) is 1.68. The molecule has 1 nitrogen and oxygen atoms in total. The van der Waals surface area contributed by atoms with Crippen LogP contribution in [0.25, 0.3) is 0 Å². The van der Waals surface area contributed by atoms with Gasteiger partial charge in [0.05, 0.1) is 6.61 Å². The van der Waals surface area contributed by atoms with Gasteiger partial charge in [-0.1, -0.05) is 25.0 Å². The van der Waals surface area contributed by atoms with Gasteiger partial charge in [-0.15, -0.1) is 5.92 Å². The average molecular weight is 187 g/mol. The molecule has 1 rings (SSSR count). The first-order chi connectivity index (χ1) is 6.93. The molecule has 1 aromatic rings. The van der Waals surface area contributed by atoms with Crippen LogP contribution in [0.3, 0.4) is 0 Å². The summed E-state index contributed by atoms with van der Waals surface area (Å²) in [4.78, 5) is 0. The first-order valence-electron chi connectivity index (χ1n) is 4.98. The summed E-state index contributed by atoms with van der Waals surface area (Å²) in [6.45, 7) is 2.80. The van der Waals surface area contributed by atoms with E-state index >= 15 is 0 Å². The number of benzene rings is 1. The fourth-order valence-corrected chi connectivity index (χ4v) is 0.990. The lowest BCUT2D eigenvalue weighted by molar-refractivity contribution is 0.327. The first kappa shape index (κ1) is 10.7. The molecule has 1 aromatic carbocycles. The molecular weight excluding hydrogens is 172 g/mol. The van der Waals surface area contributed by atoms with Crippen molar-refractivity contribution in [2.75, 3.05) is 6.61 Å². The summed E-state index contributed by atoms with van der Waals surface area (Å²) < 4.78 is 5.46. The van der Waals surface area contributed by atoms with E-state index < -0.39 is 0 Å². The molecule has 0 N–H and O–H groups in total. The van der Waals surface area contributed by atoms with Crippen LogP contribution in [0.15, 0.2) is 24.3 Å². The van der Waals surface area contributed by atoms with Crippen molar-refractivity contribution in [1.82, 2.24) is 0 Å². The first-order valence-corrected chi connectivity index (χ1v) is 4.98. The molecular formula is C13H15O. The fourth-order valence-electron chi connectivity index (χ4n) is 0.990. The van der Waals surface area contributed by atoms with Crippen molar-refractivity contribution in [1.29, 1.82) is 0 Å². The molecule has 0 aromatic heterocycles. The molecule has 0 amide bonds. The molecule has 0 aliphatic carbocycles. The van der Waals surface area contributed by atoms with Gasteiger partial charge in [0.25, 0.3) is 0 Å². The number of rotatable bonds is 4. The standard InChI is InChI=1S/C13H15O/c1-2-3-4-5-9-12-14-13-10-7-6-8-11-13/h7-8,10-11H,2-3,9,12H2,1H3. The SMILES string of the molecule is CCCC#CCCOc1cc[c]cc1. The Hall–Kier alpha value is -1.42. The summed E-state index contributed by atoms with van der Waals surface area (Å²) in [6, 6.07) is 10.4. The van der Waals surface area contributed by atoms with E-state index in [9.17, 15) is 0 Å². The zero-order valence-corrected chi connectivity index (χ0v) is 8.55. The van der Waals surface area contributed by atoms with Crippen LogP contribution in [0.4, 0.5) is 0 Å². The van der Waals surface area contributed by atoms with Crippen molar-refractivity contribution >= 4 is 0 Å². The molecule has 0 saturated carbocycles. The summed E-state index contributed by atoms with van der Waals surface area (Å²) in [5, 5.41) is 0. The molecule has 0 spiro atoms. The highest BCUT2D eigenvalue weighted by atomic mass is 16.5. The topological polar surface area (TPSA) is 9.23 Å². The lowest BCUT2D eigenvalue weighted by Gasteiger charge is -2.01. The Labute approximate surface area is 86.1 Å². The molecule has 0 bridgehead atoms. The maximum atomic E-state index is 5.46. The molecule has 0 saturated heterocycles. The summed E-state index contributed by atoms with van der Waals surface area (Å²) >= 11 is 0. The van der Waals surface area contributed by atoms with Crippen molar-refractivity contribution in [3.63, 3.8) is 0 Å². The van der Waals surface area contributed by atoms with E-state index in [4.69, 9.17) is 4.74 Å². The monoisotopic (exact) mass is 187 g/mol. The summed E-state index contributed by atoms with van der Waals surface area (Å²) in [5.74, 6) is 7.05. The summed E-state index contributed by atoms with van der Waals surface area (Å²) in [5.41, 5.74) is 0. The third kappa shape index (κ3) is 4.57. The lowest BCUT2D eigenvalue weighted by Crippen LogP contribution is -1.95. The quantitative estimate of drug-likeness (QED) is 0.520. The van der Waals surface area contributed by atoms with Crippen LogP contribution in [0.1, 0.15) is 26.2 Å². The van der Waals surface area contributed by atoms with Gasteiger partial charge in [-0.3, -0.25) is 0 Å². The molecule has 0 aliphatic heterocycles. The van der Waals surface area contributed by atoms with Crippen LogP contribution in [-0.2, 0) is 0 Å². The highest BCUT2D eigenvalue weighted by molar-refractivity contribution is 5.20. The molecule has 1 heteroatoms. The van der Waals surface area contributed by atoms with Gasteiger partial charge < -0.3 is 4.74 Å².